The third-order valence-corrected chi connectivity index (χ3v) is 5.90. The molecule has 0 aliphatic carbocycles. The standard InChI is InChI=1S/C24H27N3O4/c1-16-6-9-19(10-7-16)27-15-17(13-23(27)29)24(30)25-18-8-11-21(31-2)20(14-18)26-12-4-3-5-22(26)28/h6-11,14,17H,3-5,12-13,15H2,1-2H3,(H,25,30). The van der Waals surface area contributed by atoms with Crippen molar-refractivity contribution < 1.29 is 19.1 Å². The van der Waals surface area contributed by atoms with Crippen molar-refractivity contribution in [2.24, 2.45) is 5.92 Å². The number of aryl methyl sites for hydroxylation is 1. The average molecular weight is 421 g/mol. The number of rotatable bonds is 5. The van der Waals surface area contributed by atoms with E-state index < -0.39 is 5.92 Å². The quantitative estimate of drug-likeness (QED) is 0.801. The van der Waals surface area contributed by atoms with Gasteiger partial charge in [-0.2, -0.15) is 0 Å². The lowest BCUT2D eigenvalue weighted by molar-refractivity contribution is -0.122. The smallest absolute Gasteiger partial charge is 0.229 e. The summed E-state index contributed by atoms with van der Waals surface area (Å²) in [5.74, 6) is -0.0450. The average Bonchev–Trinajstić information content (AvgIpc) is 3.16. The number of methoxy groups -OCH3 is 1. The van der Waals surface area contributed by atoms with Crippen LogP contribution in [-0.2, 0) is 14.4 Å². The fourth-order valence-electron chi connectivity index (χ4n) is 4.14. The molecule has 1 atom stereocenters. The summed E-state index contributed by atoms with van der Waals surface area (Å²) in [5, 5.41) is 2.92. The highest BCUT2D eigenvalue weighted by atomic mass is 16.5. The first kappa shape index (κ1) is 20.9. The Morgan fingerprint density at radius 1 is 1.03 bits per heavy atom. The second-order valence-electron chi connectivity index (χ2n) is 8.12. The lowest BCUT2D eigenvalue weighted by Crippen LogP contribution is -2.35. The molecular formula is C24H27N3O4. The summed E-state index contributed by atoms with van der Waals surface area (Å²) in [6.45, 7) is 2.98. The number of hydrogen-bond acceptors (Lipinski definition) is 4. The van der Waals surface area contributed by atoms with E-state index in [2.05, 4.69) is 5.32 Å². The SMILES string of the molecule is COc1ccc(NC(=O)C2CC(=O)N(c3ccc(C)cc3)C2)cc1N1CCCCC1=O. The number of piperidine rings is 1. The van der Waals surface area contributed by atoms with Gasteiger partial charge in [0.2, 0.25) is 17.7 Å². The summed E-state index contributed by atoms with van der Waals surface area (Å²) in [4.78, 5) is 41.1. The maximum absolute atomic E-state index is 12.9. The van der Waals surface area contributed by atoms with Crippen molar-refractivity contribution in [3.05, 3.63) is 48.0 Å². The molecule has 2 aliphatic rings. The van der Waals surface area contributed by atoms with Crippen LogP contribution in [0.5, 0.6) is 5.75 Å². The molecule has 0 bridgehead atoms. The van der Waals surface area contributed by atoms with E-state index in [1.807, 2.05) is 31.2 Å². The van der Waals surface area contributed by atoms with Gasteiger partial charge in [-0.25, -0.2) is 0 Å². The molecule has 0 aromatic heterocycles. The van der Waals surface area contributed by atoms with E-state index >= 15 is 0 Å². The number of carbonyl (C=O) groups excluding carboxylic acids is 3. The van der Waals surface area contributed by atoms with Crippen LogP contribution in [-0.4, -0.2) is 37.9 Å². The van der Waals surface area contributed by atoms with Crippen LogP contribution >= 0.6 is 0 Å². The van der Waals surface area contributed by atoms with Gasteiger partial charge in [0.1, 0.15) is 5.75 Å². The Labute approximate surface area is 182 Å². The molecule has 7 nitrogen and oxygen atoms in total. The number of ether oxygens (including phenoxy) is 1. The molecule has 7 heteroatoms. The Balaban J connectivity index is 1.48. The van der Waals surface area contributed by atoms with Crippen LogP contribution in [0, 0.1) is 12.8 Å². The first-order chi connectivity index (χ1) is 15.0. The summed E-state index contributed by atoms with van der Waals surface area (Å²) < 4.78 is 5.43. The number of nitrogens with one attached hydrogen (secondary N) is 1. The van der Waals surface area contributed by atoms with Crippen molar-refractivity contribution in [3.8, 4) is 5.75 Å². The van der Waals surface area contributed by atoms with Crippen LogP contribution in [0.1, 0.15) is 31.2 Å². The molecule has 2 aromatic rings. The van der Waals surface area contributed by atoms with Crippen molar-refractivity contribution in [2.45, 2.75) is 32.6 Å². The second-order valence-corrected chi connectivity index (χ2v) is 8.12. The van der Waals surface area contributed by atoms with E-state index in [9.17, 15) is 14.4 Å². The summed E-state index contributed by atoms with van der Waals surface area (Å²) in [6.07, 6.45) is 2.51. The number of anilines is 3. The van der Waals surface area contributed by atoms with Gasteiger partial charge in [-0.05, 0) is 50.1 Å². The van der Waals surface area contributed by atoms with Crippen LogP contribution in [0.4, 0.5) is 17.1 Å². The summed E-state index contributed by atoms with van der Waals surface area (Å²) in [6, 6.07) is 13.0. The molecule has 4 rings (SSSR count). The van der Waals surface area contributed by atoms with E-state index in [1.54, 1.807) is 35.1 Å². The minimum absolute atomic E-state index is 0.0571. The zero-order chi connectivity index (χ0) is 22.0. The Bertz CT molecular complexity index is 1000. The van der Waals surface area contributed by atoms with Gasteiger partial charge in [0.05, 0.1) is 18.7 Å². The van der Waals surface area contributed by atoms with E-state index in [-0.39, 0.29) is 24.1 Å². The van der Waals surface area contributed by atoms with E-state index in [4.69, 9.17) is 4.74 Å². The molecule has 0 saturated carbocycles. The largest absolute Gasteiger partial charge is 0.495 e. The van der Waals surface area contributed by atoms with Crippen LogP contribution in [0.2, 0.25) is 0 Å². The van der Waals surface area contributed by atoms with E-state index in [0.29, 0.717) is 36.6 Å². The predicted octanol–water partition coefficient (Wildman–Crippen LogP) is 3.51. The van der Waals surface area contributed by atoms with Crippen LogP contribution in [0.15, 0.2) is 42.5 Å². The zero-order valence-electron chi connectivity index (χ0n) is 17.9. The highest BCUT2D eigenvalue weighted by Gasteiger charge is 2.35. The fourth-order valence-corrected chi connectivity index (χ4v) is 4.14. The van der Waals surface area contributed by atoms with E-state index in [0.717, 1.165) is 24.1 Å². The Morgan fingerprint density at radius 2 is 1.81 bits per heavy atom. The number of amides is 3. The Hall–Kier alpha value is -3.35. The molecule has 2 aromatic carbocycles. The lowest BCUT2D eigenvalue weighted by Gasteiger charge is -2.28. The van der Waals surface area contributed by atoms with Gasteiger partial charge >= 0.3 is 0 Å². The zero-order valence-corrected chi connectivity index (χ0v) is 17.9. The Morgan fingerprint density at radius 3 is 2.52 bits per heavy atom. The molecule has 1 N–H and O–H groups in total. The summed E-state index contributed by atoms with van der Waals surface area (Å²) >= 11 is 0. The molecule has 1 unspecified atom stereocenters. The number of nitrogens with zero attached hydrogens (tertiary/aromatic N) is 2. The molecule has 2 heterocycles. The first-order valence-electron chi connectivity index (χ1n) is 10.6. The second kappa shape index (κ2) is 8.79. The molecular weight excluding hydrogens is 394 g/mol. The van der Waals surface area contributed by atoms with Crippen LogP contribution in [0.3, 0.4) is 0 Å². The molecule has 31 heavy (non-hydrogen) atoms. The van der Waals surface area contributed by atoms with Crippen molar-refractivity contribution in [3.63, 3.8) is 0 Å². The normalized spacial score (nSPS) is 19.0. The van der Waals surface area contributed by atoms with Gasteiger partial charge in [0.15, 0.2) is 0 Å². The molecule has 2 saturated heterocycles. The highest BCUT2D eigenvalue weighted by molar-refractivity contribution is 6.04. The summed E-state index contributed by atoms with van der Waals surface area (Å²) in [7, 11) is 1.56. The summed E-state index contributed by atoms with van der Waals surface area (Å²) in [5.41, 5.74) is 3.17. The van der Waals surface area contributed by atoms with Gasteiger partial charge in [0.25, 0.3) is 0 Å². The minimum Gasteiger partial charge on any atom is -0.495 e. The number of hydrogen-bond donors (Lipinski definition) is 1. The first-order valence-corrected chi connectivity index (χ1v) is 10.6. The van der Waals surface area contributed by atoms with Crippen LogP contribution in [0.25, 0.3) is 0 Å². The molecule has 3 amide bonds. The predicted molar refractivity (Wildman–Crippen MR) is 119 cm³/mol. The number of carbonyl (C=O) groups is 3. The maximum atomic E-state index is 12.9. The number of benzene rings is 2. The van der Waals surface area contributed by atoms with Gasteiger partial charge in [-0.3, -0.25) is 14.4 Å². The van der Waals surface area contributed by atoms with Crippen molar-refractivity contribution >= 4 is 34.8 Å². The topological polar surface area (TPSA) is 79.0 Å². The van der Waals surface area contributed by atoms with Crippen molar-refractivity contribution in [2.75, 3.05) is 35.3 Å². The molecule has 0 spiro atoms. The third-order valence-electron chi connectivity index (χ3n) is 5.90. The molecule has 2 fully saturated rings. The van der Waals surface area contributed by atoms with Gasteiger partial charge in [-0.15, -0.1) is 0 Å². The monoisotopic (exact) mass is 421 g/mol. The van der Waals surface area contributed by atoms with Crippen molar-refractivity contribution in [1.29, 1.82) is 0 Å². The molecule has 2 aliphatic heterocycles. The molecule has 162 valence electrons. The van der Waals surface area contributed by atoms with E-state index in [1.165, 1.54) is 0 Å². The third kappa shape index (κ3) is 4.40. The van der Waals surface area contributed by atoms with Gasteiger partial charge < -0.3 is 19.9 Å². The lowest BCUT2D eigenvalue weighted by atomic mass is 10.1. The Kier molecular flexibility index (Phi) is 5.93. The van der Waals surface area contributed by atoms with Gasteiger partial charge in [-0.1, -0.05) is 17.7 Å². The highest BCUT2D eigenvalue weighted by Crippen LogP contribution is 2.34. The fraction of sp³-hybridized carbons (Fsp3) is 0.375. The minimum atomic E-state index is -0.434. The van der Waals surface area contributed by atoms with Gasteiger partial charge in [0, 0.05) is 37.3 Å². The maximum Gasteiger partial charge on any atom is 0.229 e. The van der Waals surface area contributed by atoms with Crippen molar-refractivity contribution in [1.82, 2.24) is 0 Å². The molecule has 0 radical (unpaired) electrons. The van der Waals surface area contributed by atoms with Crippen LogP contribution < -0.4 is 19.9 Å².